The van der Waals surface area contributed by atoms with E-state index in [-0.39, 0.29) is 17.4 Å². The van der Waals surface area contributed by atoms with Crippen LogP contribution in [0.25, 0.3) is 6.08 Å². The lowest BCUT2D eigenvalue weighted by atomic mass is 9.96. The molecule has 1 aromatic heterocycles. The van der Waals surface area contributed by atoms with Crippen molar-refractivity contribution in [1.29, 1.82) is 0 Å². The molecule has 0 saturated carbocycles. The minimum Gasteiger partial charge on any atom is -0.506 e. The van der Waals surface area contributed by atoms with E-state index in [2.05, 4.69) is 20.9 Å². The Morgan fingerprint density at radius 1 is 1.31 bits per heavy atom. The molecule has 0 radical (unpaired) electrons. The predicted octanol–water partition coefficient (Wildman–Crippen LogP) is 5.03. The lowest BCUT2D eigenvalue weighted by Gasteiger charge is -2.25. The largest absolute Gasteiger partial charge is 0.506 e. The minimum atomic E-state index is -0.699. The van der Waals surface area contributed by atoms with Gasteiger partial charge in [-0.3, -0.25) is 9.36 Å². The van der Waals surface area contributed by atoms with Crippen LogP contribution in [0.15, 0.2) is 66.8 Å². The van der Waals surface area contributed by atoms with Gasteiger partial charge in [0.25, 0.3) is 5.56 Å². The number of carbonyl (C=O) groups excluding carboxylic acids is 1. The van der Waals surface area contributed by atoms with Crippen molar-refractivity contribution < 1.29 is 14.6 Å². The van der Waals surface area contributed by atoms with Gasteiger partial charge in [0.15, 0.2) is 4.80 Å². The second-order valence-electron chi connectivity index (χ2n) is 8.13. The first kappa shape index (κ1) is 25.8. The fraction of sp³-hybridized carbons (Fsp3) is 0.240. The van der Waals surface area contributed by atoms with Crippen LogP contribution in [0.5, 0.6) is 5.75 Å². The van der Waals surface area contributed by atoms with Gasteiger partial charge < -0.3 is 9.84 Å². The average Bonchev–Trinajstić information content (AvgIpc) is 3.10. The van der Waals surface area contributed by atoms with Crippen LogP contribution in [-0.4, -0.2) is 28.0 Å². The third-order valence-corrected chi connectivity index (χ3v) is 7.91. The Hall–Kier alpha value is -2.33. The van der Waals surface area contributed by atoms with Crippen LogP contribution < -0.4 is 14.9 Å². The number of ether oxygens (including phenoxy) is 1. The smallest absolute Gasteiger partial charge is 0.338 e. The van der Waals surface area contributed by atoms with E-state index in [0.717, 1.165) is 10.5 Å². The highest BCUT2D eigenvalue weighted by molar-refractivity contribution is 9.10. The van der Waals surface area contributed by atoms with E-state index in [1.54, 1.807) is 50.7 Å². The fourth-order valence-electron chi connectivity index (χ4n) is 3.80. The molecular weight excluding hydrogens is 572 g/mol. The van der Waals surface area contributed by atoms with Crippen molar-refractivity contribution in [3.05, 3.63) is 88.0 Å². The number of allylic oxidation sites excluding steroid dienone is 1. The van der Waals surface area contributed by atoms with Crippen LogP contribution in [-0.2, 0) is 9.53 Å². The van der Waals surface area contributed by atoms with Gasteiger partial charge in [0, 0.05) is 15.5 Å². The predicted molar refractivity (Wildman–Crippen MR) is 144 cm³/mol. The van der Waals surface area contributed by atoms with Crippen molar-refractivity contribution in [2.75, 3.05) is 6.26 Å². The van der Waals surface area contributed by atoms with Gasteiger partial charge in [0.1, 0.15) is 5.75 Å². The number of nitrogens with zero attached hydrogens (tertiary/aromatic N) is 2. The van der Waals surface area contributed by atoms with Gasteiger partial charge in [-0.1, -0.05) is 35.1 Å². The van der Waals surface area contributed by atoms with Crippen molar-refractivity contribution >= 4 is 62.7 Å². The summed E-state index contributed by atoms with van der Waals surface area (Å²) in [6.07, 6.45) is 3.24. The molecule has 35 heavy (non-hydrogen) atoms. The molecule has 2 heterocycles. The van der Waals surface area contributed by atoms with Crippen LogP contribution in [0.3, 0.4) is 0 Å². The Bertz CT molecular complexity index is 1520. The number of phenols is 1. The number of thiazole rings is 1. The molecule has 0 unspecified atom stereocenters. The van der Waals surface area contributed by atoms with Crippen LogP contribution in [0.4, 0.5) is 0 Å². The molecule has 182 valence electrons. The number of hydrogen-bond donors (Lipinski definition) is 1. The van der Waals surface area contributed by atoms with E-state index >= 15 is 0 Å². The Kier molecular flexibility index (Phi) is 7.61. The first-order valence-corrected chi connectivity index (χ1v) is 13.9. The number of aromatic hydroxyl groups is 1. The van der Waals surface area contributed by atoms with Gasteiger partial charge in [0.2, 0.25) is 0 Å². The van der Waals surface area contributed by atoms with E-state index in [0.29, 0.717) is 35.7 Å². The molecular formula is C25H22BrClN2O4S2. The molecule has 1 N–H and O–H groups in total. The van der Waals surface area contributed by atoms with Gasteiger partial charge in [0.05, 0.1) is 32.4 Å². The molecule has 0 bridgehead atoms. The number of aromatic nitrogens is 1. The molecule has 1 aliphatic heterocycles. The number of benzene rings is 2. The number of rotatable bonds is 5. The number of thioether (sulfide) groups is 1. The van der Waals surface area contributed by atoms with E-state index in [1.807, 2.05) is 30.5 Å². The van der Waals surface area contributed by atoms with E-state index in [1.165, 1.54) is 15.9 Å². The van der Waals surface area contributed by atoms with E-state index in [9.17, 15) is 14.7 Å². The summed E-state index contributed by atoms with van der Waals surface area (Å²) in [4.78, 5) is 32.9. The zero-order valence-corrected chi connectivity index (χ0v) is 23.3. The number of fused-ring (bicyclic) bond motifs is 1. The van der Waals surface area contributed by atoms with Crippen LogP contribution in [0, 0.1) is 0 Å². The topological polar surface area (TPSA) is 80.9 Å². The second kappa shape index (κ2) is 10.3. The number of hydrogen-bond acceptors (Lipinski definition) is 7. The number of phenolic OH excluding ortho intramolecular Hbond substituents is 1. The van der Waals surface area contributed by atoms with Crippen LogP contribution >= 0.6 is 50.6 Å². The van der Waals surface area contributed by atoms with Gasteiger partial charge in [-0.05, 0) is 78.9 Å². The molecule has 0 saturated heterocycles. The summed E-state index contributed by atoms with van der Waals surface area (Å²) in [7, 11) is 0. The summed E-state index contributed by atoms with van der Waals surface area (Å²) in [5.41, 5.74) is 1.66. The molecule has 6 nitrogen and oxygen atoms in total. The normalized spacial score (nSPS) is 15.9. The Morgan fingerprint density at radius 2 is 2.00 bits per heavy atom. The first-order chi connectivity index (χ1) is 16.6. The lowest BCUT2D eigenvalue weighted by Crippen LogP contribution is -2.40. The molecule has 3 aromatic rings. The van der Waals surface area contributed by atoms with Crippen molar-refractivity contribution in [3.63, 3.8) is 0 Å². The fourth-order valence-corrected chi connectivity index (χ4v) is 6.08. The summed E-state index contributed by atoms with van der Waals surface area (Å²) >= 11 is 12.2. The Balaban J connectivity index is 1.96. The third kappa shape index (κ3) is 5.14. The second-order valence-corrected chi connectivity index (χ2v) is 11.3. The van der Waals surface area contributed by atoms with Gasteiger partial charge in [-0.2, -0.15) is 0 Å². The minimum absolute atomic E-state index is 0.0261. The summed E-state index contributed by atoms with van der Waals surface area (Å²) in [5.74, 6) is -0.535. The maximum absolute atomic E-state index is 13.7. The molecule has 0 amide bonds. The summed E-state index contributed by atoms with van der Waals surface area (Å²) in [6, 6.07) is 10.2. The van der Waals surface area contributed by atoms with Gasteiger partial charge in [-0.15, -0.1) is 11.8 Å². The van der Waals surface area contributed by atoms with Crippen molar-refractivity contribution in [2.24, 2.45) is 4.99 Å². The lowest BCUT2D eigenvalue weighted by molar-refractivity contribution is -0.143. The monoisotopic (exact) mass is 592 g/mol. The SMILES string of the molecule is CSc1ccc([C@@H]2C(C(=O)OC(C)C)=C(C)N=c3s/c(=C\c4cc(Cl)cc(Br)c4O)c(=O)n32)cc1. The van der Waals surface area contributed by atoms with Crippen LogP contribution in [0.1, 0.15) is 37.9 Å². The Morgan fingerprint density at radius 3 is 2.63 bits per heavy atom. The highest BCUT2D eigenvalue weighted by Gasteiger charge is 2.33. The average molecular weight is 594 g/mol. The summed E-state index contributed by atoms with van der Waals surface area (Å²) in [5, 5.41) is 10.9. The number of carbonyl (C=O) groups is 1. The molecule has 1 atom stereocenters. The van der Waals surface area contributed by atoms with Gasteiger partial charge in [-0.25, -0.2) is 9.79 Å². The standard InChI is InChI=1S/C25H22BrClN2O4S2/c1-12(2)33-24(32)20-13(3)28-25-29(21(20)14-5-7-17(34-4)8-6-14)23(31)19(35-25)10-15-9-16(27)11-18(26)22(15)30/h5-12,21,30H,1-4H3/b19-10-/t21-/m1/s1. The molecule has 4 rings (SSSR count). The molecule has 10 heteroatoms. The van der Waals surface area contributed by atoms with Crippen molar-refractivity contribution in [3.8, 4) is 5.75 Å². The maximum Gasteiger partial charge on any atom is 0.338 e. The van der Waals surface area contributed by atoms with Gasteiger partial charge >= 0.3 is 5.97 Å². The Labute approximate surface area is 223 Å². The summed E-state index contributed by atoms with van der Waals surface area (Å²) < 4.78 is 7.82. The molecule has 0 spiro atoms. The zero-order valence-electron chi connectivity index (χ0n) is 19.3. The van der Waals surface area contributed by atoms with E-state index < -0.39 is 12.0 Å². The molecule has 0 fully saturated rings. The zero-order chi connectivity index (χ0) is 25.4. The third-order valence-electron chi connectivity index (χ3n) is 5.36. The highest BCUT2D eigenvalue weighted by atomic mass is 79.9. The number of halogens is 2. The highest BCUT2D eigenvalue weighted by Crippen LogP contribution is 2.33. The quantitative estimate of drug-likeness (QED) is 0.332. The number of esters is 1. The van der Waals surface area contributed by atoms with E-state index in [4.69, 9.17) is 16.3 Å². The van der Waals surface area contributed by atoms with Crippen LogP contribution in [0.2, 0.25) is 5.02 Å². The molecule has 0 aliphatic carbocycles. The molecule has 1 aliphatic rings. The van der Waals surface area contributed by atoms with Crippen molar-refractivity contribution in [2.45, 2.75) is 37.8 Å². The maximum atomic E-state index is 13.7. The summed E-state index contributed by atoms with van der Waals surface area (Å²) in [6.45, 7) is 5.30. The molecule has 2 aromatic carbocycles. The van der Waals surface area contributed by atoms with Crippen molar-refractivity contribution in [1.82, 2.24) is 4.57 Å². The first-order valence-electron chi connectivity index (χ1n) is 10.7.